The highest BCUT2D eigenvalue weighted by molar-refractivity contribution is 5.75. The molecule has 0 bridgehead atoms. The number of rotatable bonds is 13. The van der Waals surface area contributed by atoms with Gasteiger partial charge in [-0.25, -0.2) is 0 Å². The zero-order valence-electron chi connectivity index (χ0n) is 23.6. The second kappa shape index (κ2) is 13.5. The fourth-order valence-corrected chi connectivity index (χ4v) is 4.94. The lowest BCUT2D eigenvalue weighted by Crippen LogP contribution is -2.29. The van der Waals surface area contributed by atoms with Crippen LogP contribution in [0.25, 0.3) is 6.08 Å². The number of aldehydes is 1. The minimum atomic E-state index is -1.31. The fraction of sp³-hybridized carbons (Fsp3) is 0.323. The Morgan fingerprint density at radius 1 is 0.905 bits per heavy atom. The van der Waals surface area contributed by atoms with Gasteiger partial charge in [0.2, 0.25) is 5.75 Å². The van der Waals surface area contributed by atoms with Crippen molar-refractivity contribution in [2.75, 3.05) is 41.7 Å². The highest BCUT2D eigenvalue weighted by Crippen LogP contribution is 2.53. The van der Waals surface area contributed by atoms with E-state index in [2.05, 4.69) is 0 Å². The van der Waals surface area contributed by atoms with Crippen molar-refractivity contribution >= 4 is 12.4 Å². The maximum absolute atomic E-state index is 11.0. The van der Waals surface area contributed by atoms with Gasteiger partial charge in [-0.05, 0) is 53.6 Å². The molecule has 0 fully saturated rings. The van der Waals surface area contributed by atoms with Crippen LogP contribution >= 0.6 is 0 Å². The first-order valence-electron chi connectivity index (χ1n) is 13.0. The van der Waals surface area contributed by atoms with Crippen molar-refractivity contribution in [3.63, 3.8) is 0 Å². The van der Waals surface area contributed by atoms with Crippen LogP contribution in [0.15, 0.2) is 48.5 Å². The summed E-state index contributed by atoms with van der Waals surface area (Å²) < 4.78 is 34.2. The molecule has 1 aliphatic heterocycles. The molecule has 4 rings (SSSR count). The van der Waals surface area contributed by atoms with E-state index in [1.165, 1.54) is 52.7 Å². The van der Waals surface area contributed by atoms with E-state index in [0.29, 0.717) is 40.0 Å². The Balaban J connectivity index is 1.70. The number of fused-ring (bicyclic) bond motifs is 1. The first-order chi connectivity index (χ1) is 20.3. The van der Waals surface area contributed by atoms with Gasteiger partial charge in [0.25, 0.3) is 0 Å². The van der Waals surface area contributed by atoms with E-state index >= 15 is 0 Å². The molecule has 224 valence electrons. The Bertz CT molecular complexity index is 1410. The van der Waals surface area contributed by atoms with E-state index < -0.39 is 30.8 Å². The van der Waals surface area contributed by atoms with Crippen LogP contribution in [0.3, 0.4) is 0 Å². The van der Waals surface area contributed by atoms with Gasteiger partial charge in [0, 0.05) is 11.1 Å². The summed E-state index contributed by atoms with van der Waals surface area (Å²) >= 11 is 0. The Morgan fingerprint density at radius 3 is 2.14 bits per heavy atom. The summed E-state index contributed by atoms with van der Waals surface area (Å²) in [5.41, 5.74) is 2.36. The maximum Gasteiger partial charge on any atom is 0.204 e. The van der Waals surface area contributed by atoms with E-state index in [1.807, 2.05) is 6.07 Å². The normalized spacial score (nSPS) is 17.2. The Morgan fingerprint density at radius 2 is 1.57 bits per heavy atom. The molecule has 42 heavy (non-hydrogen) atoms. The van der Waals surface area contributed by atoms with E-state index in [9.17, 15) is 25.2 Å². The SMILES string of the molecule is COc1cc(C(O)C(CO)Oc2c(OC)cc(C3Oc4c(OC)cc(/C=C/C=O)cc4C3CO)cc2OC)ccc1O. The minimum absolute atomic E-state index is 0.0995. The molecule has 0 spiro atoms. The molecule has 0 saturated heterocycles. The van der Waals surface area contributed by atoms with Gasteiger partial charge in [-0.3, -0.25) is 4.79 Å². The highest BCUT2D eigenvalue weighted by atomic mass is 16.6. The number of allylic oxidation sites excluding steroid dienone is 1. The van der Waals surface area contributed by atoms with Gasteiger partial charge < -0.3 is 48.8 Å². The van der Waals surface area contributed by atoms with Crippen LogP contribution in [-0.4, -0.2) is 74.5 Å². The fourth-order valence-electron chi connectivity index (χ4n) is 4.94. The number of hydrogen-bond donors (Lipinski definition) is 4. The van der Waals surface area contributed by atoms with Gasteiger partial charge in [-0.15, -0.1) is 0 Å². The number of aliphatic hydroxyl groups excluding tert-OH is 3. The van der Waals surface area contributed by atoms with Crippen LogP contribution in [0.2, 0.25) is 0 Å². The topological polar surface area (TPSA) is 153 Å². The molecule has 1 aliphatic rings. The molecular weight excluding hydrogens is 548 g/mol. The molecule has 11 heteroatoms. The lowest BCUT2D eigenvalue weighted by Gasteiger charge is -2.26. The number of phenolic OH excluding ortho intramolecular Hbond substituents is 1. The average molecular weight is 583 g/mol. The van der Waals surface area contributed by atoms with Crippen molar-refractivity contribution in [3.05, 3.63) is 70.8 Å². The van der Waals surface area contributed by atoms with Crippen molar-refractivity contribution in [2.24, 2.45) is 0 Å². The summed E-state index contributed by atoms with van der Waals surface area (Å²) in [4.78, 5) is 10.8. The Labute approximate surface area is 243 Å². The molecule has 11 nitrogen and oxygen atoms in total. The summed E-state index contributed by atoms with van der Waals surface area (Å²) in [7, 11) is 5.76. The summed E-state index contributed by atoms with van der Waals surface area (Å²) in [6.45, 7) is -0.813. The van der Waals surface area contributed by atoms with Crippen LogP contribution in [0.1, 0.15) is 40.4 Å². The zero-order valence-corrected chi connectivity index (χ0v) is 23.6. The van der Waals surface area contributed by atoms with Gasteiger partial charge in [-0.1, -0.05) is 12.1 Å². The predicted octanol–water partition coefficient (Wildman–Crippen LogP) is 3.32. The van der Waals surface area contributed by atoms with Gasteiger partial charge in [-0.2, -0.15) is 0 Å². The molecule has 0 saturated carbocycles. The van der Waals surface area contributed by atoms with Crippen molar-refractivity contribution in [2.45, 2.75) is 24.2 Å². The zero-order chi connectivity index (χ0) is 30.4. The predicted molar refractivity (Wildman–Crippen MR) is 152 cm³/mol. The van der Waals surface area contributed by atoms with Crippen molar-refractivity contribution < 1.29 is 53.6 Å². The lowest BCUT2D eigenvalue weighted by molar-refractivity contribution is -0.104. The second-order valence-corrected chi connectivity index (χ2v) is 9.43. The largest absolute Gasteiger partial charge is 0.504 e. The van der Waals surface area contributed by atoms with Gasteiger partial charge in [0.15, 0.2) is 40.6 Å². The third kappa shape index (κ3) is 5.94. The number of ether oxygens (including phenoxy) is 6. The number of aliphatic hydroxyl groups is 3. The van der Waals surface area contributed by atoms with Gasteiger partial charge >= 0.3 is 0 Å². The molecule has 4 unspecified atom stereocenters. The first-order valence-corrected chi connectivity index (χ1v) is 13.0. The lowest BCUT2D eigenvalue weighted by atomic mass is 9.90. The van der Waals surface area contributed by atoms with Crippen LogP contribution in [0, 0.1) is 0 Å². The molecule has 4 atom stereocenters. The second-order valence-electron chi connectivity index (χ2n) is 9.43. The van der Waals surface area contributed by atoms with Crippen molar-refractivity contribution in [1.82, 2.24) is 0 Å². The summed E-state index contributed by atoms with van der Waals surface area (Å²) in [6.07, 6.45) is 0.561. The minimum Gasteiger partial charge on any atom is -0.504 e. The Kier molecular flexibility index (Phi) is 9.79. The Hall–Kier alpha value is -4.45. The highest BCUT2D eigenvalue weighted by Gasteiger charge is 2.39. The number of benzene rings is 3. The number of carbonyl (C=O) groups excluding carboxylic acids is 1. The molecular formula is C31H34O11. The maximum atomic E-state index is 11.0. The van der Waals surface area contributed by atoms with E-state index in [0.717, 1.165) is 0 Å². The number of methoxy groups -OCH3 is 4. The molecule has 3 aromatic carbocycles. The quantitative estimate of drug-likeness (QED) is 0.173. The average Bonchev–Trinajstić information content (AvgIpc) is 3.40. The molecule has 3 aromatic rings. The van der Waals surface area contributed by atoms with Gasteiger partial charge in [0.1, 0.15) is 18.5 Å². The van der Waals surface area contributed by atoms with Crippen LogP contribution in [0.4, 0.5) is 0 Å². The summed E-state index contributed by atoms with van der Waals surface area (Å²) in [5, 5.41) is 41.4. The number of hydrogen-bond acceptors (Lipinski definition) is 11. The van der Waals surface area contributed by atoms with Crippen LogP contribution < -0.4 is 28.4 Å². The molecule has 1 heterocycles. The molecule has 4 N–H and O–H groups in total. The standard InChI is InChI=1S/C31H34O11/c1-37-23-12-18(7-8-22(23)35)28(36)27(16-34)41-31-25(39-3)13-19(14-26(31)40-4)29-21(15-33)20-10-17(6-5-9-32)11-24(38-2)30(20)42-29/h5-14,21,27-29,33-36H,15-16H2,1-4H3/b6-5+. The van der Waals surface area contributed by atoms with Crippen LogP contribution in [0.5, 0.6) is 40.2 Å². The van der Waals surface area contributed by atoms with E-state index in [4.69, 9.17) is 28.4 Å². The first kappa shape index (κ1) is 30.5. The number of phenols is 1. The number of carbonyl (C=O) groups is 1. The van der Waals surface area contributed by atoms with E-state index in [-0.39, 0.29) is 35.4 Å². The monoisotopic (exact) mass is 582 g/mol. The molecule has 0 aromatic heterocycles. The van der Waals surface area contributed by atoms with Crippen LogP contribution in [-0.2, 0) is 4.79 Å². The third-order valence-corrected chi connectivity index (χ3v) is 7.06. The van der Waals surface area contributed by atoms with E-state index in [1.54, 1.807) is 24.3 Å². The third-order valence-electron chi connectivity index (χ3n) is 7.06. The smallest absolute Gasteiger partial charge is 0.204 e. The molecule has 0 amide bonds. The molecule has 0 aliphatic carbocycles. The summed E-state index contributed by atoms with van der Waals surface area (Å²) in [5.74, 6) is 1.07. The van der Waals surface area contributed by atoms with Gasteiger partial charge in [0.05, 0.1) is 47.6 Å². The number of aromatic hydroxyl groups is 1. The summed E-state index contributed by atoms with van der Waals surface area (Å²) in [6, 6.07) is 11.2. The molecule has 0 radical (unpaired) electrons. The van der Waals surface area contributed by atoms with Crippen molar-refractivity contribution in [1.29, 1.82) is 0 Å². The van der Waals surface area contributed by atoms with Crippen molar-refractivity contribution in [3.8, 4) is 40.2 Å².